The van der Waals surface area contributed by atoms with E-state index in [0.717, 1.165) is 64.7 Å². The van der Waals surface area contributed by atoms with Crippen molar-refractivity contribution >= 4 is 17.5 Å². The Morgan fingerprint density at radius 2 is 1.97 bits per heavy atom. The summed E-state index contributed by atoms with van der Waals surface area (Å²) in [5.74, 6) is 1.69. The highest BCUT2D eigenvalue weighted by molar-refractivity contribution is 5.92. The largest absolute Gasteiger partial charge is 0.381 e. The van der Waals surface area contributed by atoms with Crippen molar-refractivity contribution < 1.29 is 9.53 Å². The van der Waals surface area contributed by atoms with E-state index in [9.17, 15) is 4.79 Å². The van der Waals surface area contributed by atoms with E-state index >= 15 is 0 Å². The van der Waals surface area contributed by atoms with Gasteiger partial charge in [0.2, 0.25) is 11.7 Å². The van der Waals surface area contributed by atoms with Crippen molar-refractivity contribution in [2.45, 2.75) is 52.0 Å². The van der Waals surface area contributed by atoms with E-state index in [-0.39, 0.29) is 11.4 Å². The number of amides is 1. The second kappa shape index (κ2) is 11.0. The molecular weight excluding hydrogens is 390 g/mol. The highest BCUT2D eigenvalue weighted by Crippen LogP contribution is 2.32. The zero-order chi connectivity index (χ0) is 22.3. The van der Waals surface area contributed by atoms with Gasteiger partial charge in [0, 0.05) is 64.0 Å². The van der Waals surface area contributed by atoms with Gasteiger partial charge in [0.05, 0.1) is 0 Å². The number of carbonyl (C=O) groups is 1. The van der Waals surface area contributed by atoms with E-state index in [2.05, 4.69) is 33.5 Å². The van der Waals surface area contributed by atoms with Crippen molar-refractivity contribution in [1.82, 2.24) is 14.8 Å². The normalized spacial score (nSPS) is 19.8. The van der Waals surface area contributed by atoms with E-state index in [1.807, 2.05) is 24.0 Å². The van der Waals surface area contributed by atoms with Crippen LogP contribution in [0, 0.1) is 12.5 Å². The van der Waals surface area contributed by atoms with Crippen LogP contribution in [0.3, 0.4) is 0 Å². The molecule has 0 aromatic carbocycles. The summed E-state index contributed by atoms with van der Waals surface area (Å²) in [6.45, 7) is 21.1. The number of anilines is 1. The molecule has 2 aliphatic rings. The van der Waals surface area contributed by atoms with Crippen molar-refractivity contribution in [2.75, 3.05) is 57.4 Å². The van der Waals surface area contributed by atoms with Gasteiger partial charge in [0.15, 0.2) is 0 Å². The van der Waals surface area contributed by atoms with Crippen LogP contribution in [0.25, 0.3) is 4.85 Å². The predicted molar refractivity (Wildman–Crippen MR) is 123 cm³/mol. The first-order chi connectivity index (χ1) is 15.0. The minimum atomic E-state index is -0.108. The van der Waals surface area contributed by atoms with Gasteiger partial charge in [-0.2, -0.15) is 0 Å². The molecule has 3 heterocycles. The molecule has 0 unspecified atom stereocenters. The second-order valence-electron chi connectivity index (χ2n) is 9.15. The lowest BCUT2D eigenvalue weighted by Gasteiger charge is -2.51. The maximum atomic E-state index is 13.0. The van der Waals surface area contributed by atoms with Crippen molar-refractivity contribution in [1.29, 1.82) is 0 Å². The fourth-order valence-electron chi connectivity index (χ4n) is 4.62. The third-order valence-electron chi connectivity index (χ3n) is 6.66. The predicted octanol–water partition coefficient (Wildman–Crippen LogP) is 3.59. The molecule has 0 aliphatic carbocycles. The highest BCUT2D eigenvalue weighted by atomic mass is 16.5. The van der Waals surface area contributed by atoms with Crippen LogP contribution in [0.4, 0.5) is 11.6 Å². The Bertz CT molecular complexity index is 761. The Balaban J connectivity index is 1.79. The summed E-state index contributed by atoms with van der Waals surface area (Å²) in [6, 6.07) is 5.35. The van der Waals surface area contributed by atoms with Gasteiger partial charge in [-0.05, 0) is 37.8 Å². The summed E-state index contributed by atoms with van der Waals surface area (Å²) in [6.07, 6.45) is 3.48. The van der Waals surface area contributed by atoms with Gasteiger partial charge < -0.3 is 14.5 Å². The molecule has 170 valence electrons. The lowest BCUT2D eigenvalue weighted by molar-refractivity contribution is -0.119. The Labute approximate surface area is 187 Å². The Morgan fingerprint density at radius 3 is 2.58 bits per heavy atom. The first-order valence-corrected chi connectivity index (χ1v) is 11.7. The van der Waals surface area contributed by atoms with Crippen molar-refractivity contribution in [3.63, 3.8) is 0 Å². The minimum absolute atomic E-state index is 0.0519. The van der Waals surface area contributed by atoms with Crippen molar-refractivity contribution in [3.05, 3.63) is 29.6 Å². The first-order valence-electron chi connectivity index (χ1n) is 11.7. The van der Waals surface area contributed by atoms with Crippen LogP contribution in [0.5, 0.6) is 0 Å². The first kappa shape index (κ1) is 23.6. The van der Waals surface area contributed by atoms with Crippen LogP contribution in [0.1, 0.15) is 46.5 Å². The molecular formula is C24H37N5O2. The number of hydrogen-bond acceptors (Lipinski definition) is 5. The summed E-state index contributed by atoms with van der Waals surface area (Å²) < 4.78 is 5.72. The maximum absolute atomic E-state index is 13.0. The molecule has 0 spiro atoms. The summed E-state index contributed by atoms with van der Waals surface area (Å²) in [5.41, 5.74) is -0.108. The Morgan fingerprint density at radius 1 is 1.26 bits per heavy atom. The number of carbonyl (C=O) groups excluding carboxylic acids is 1. The number of pyridine rings is 1. The molecule has 2 aliphatic heterocycles. The zero-order valence-corrected chi connectivity index (χ0v) is 19.3. The van der Waals surface area contributed by atoms with Crippen LogP contribution in [0.2, 0.25) is 0 Å². The average Bonchev–Trinajstić information content (AvgIpc) is 2.81. The number of piperazine rings is 1. The molecule has 0 bridgehead atoms. The van der Waals surface area contributed by atoms with Crippen molar-refractivity contribution in [2.24, 2.45) is 5.92 Å². The SMILES string of the molecule is [C-]#[N+]c1cccc(N(CC2(N3CCN(CCC(C)C)CC3)CCOCC2)C(=O)CC)n1. The van der Waals surface area contributed by atoms with Crippen LogP contribution in [-0.4, -0.2) is 78.7 Å². The molecule has 31 heavy (non-hydrogen) atoms. The van der Waals surface area contributed by atoms with Gasteiger partial charge in [-0.15, -0.1) is 4.98 Å². The van der Waals surface area contributed by atoms with Gasteiger partial charge in [-0.1, -0.05) is 33.4 Å². The highest BCUT2D eigenvalue weighted by Gasteiger charge is 2.42. The smallest absolute Gasteiger partial charge is 0.271 e. The quantitative estimate of drug-likeness (QED) is 0.594. The van der Waals surface area contributed by atoms with Crippen LogP contribution in [0.15, 0.2) is 18.2 Å². The minimum Gasteiger partial charge on any atom is -0.381 e. The van der Waals surface area contributed by atoms with E-state index in [1.54, 1.807) is 6.07 Å². The fraction of sp³-hybridized carbons (Fsp3) is 0.708. The third-order valence-corrected chi connectivity index (χ3v) is 6.66. The van der Waals surface area contributed by atoms with E-state index in [4.69, 9.17) is 11.3 Å². The molecule has 1 aromatic heterocycles. The molecule has 0 N–H and O–H groups in total. The average molecular weight is 428 g/mol. The van der Waals surface area contributed by atoms with Crippen LogP contribution in [-0.2, 0) is 9.53 Å². The summed E-state index contributed by atoms with van der Waals surface area (Å²) in [4.78, 5) is 27.8. The number of ether oxygens (including phenoxy) is 1. The molecule has 1 amide bonds. The van der Waals surface area contributed by atoms with Gasteiger partial charge in [-0.3, -0.25) is 14.6 Å². The molecule has 0 saturated carbocycles. The molecule has 7 heteroatoms. The number of rotatable bonds is 8. The lowest BCUT2D eigenvalue weighted by Crippen LogP contribution is -2.63. The lowest BCUT2D eigenvalue weighted by atomic mass is 9.86. The molecule has 0 radical (unpaired) electrons. The number of nitrogens with zero attached hydrogens (tertiary/aromatic N) is 5. The fourth-order valence-corrected chi connectivity index (χ4v) is 4.62. The van der Waals surface area contributed by atoms with Crippen LogP contribution < -0.4 is 4.90 Å². The zero-order valence-electron chi connectivity index (χ0n) is 19.3. The van der Waals surface area contributed by atoms with Gasteiger partial charge in [0.25, 0.3) is 5.82 Å². The summed E-state index contributed by atoms with van der Waals surface area (Å²) in [7, 11) is 0. The Hall–Kier alpha value is -2.01. The third kappa shape index (κ3) is 6.03. The number of hydrogen-bond donors (Lipinski definition) is 0. The molecule has 2 fully saturated rings. The summed E-state index contributed by atoms with van der Waals surface area (Å²) in [5, 5.41) is 0. The number of aromatic nitrogens is 1. The standard InChI is InChI=1S/C24H37N5O2/c1-5-23(30)29(22-8-6-7-21(25-4)26-22)19-24(10-17-31-18-11-24)28-15-13-27(14-16-28)12-9-20(2)3/h6-8,20H,5,9-19H2,1-3H3. The molecule has 3 rings (SSSR count). The second-order valence-corrected chi connectivity index (χ2v) is 9.15. The topological polar surface area (TPSA) is 53.3 Å². The maximum Gasteiger partial charge on any atom is 0.271 e. The monoisotopic (exact) mass is 427 g/mol. The van der Waals surface area contributed by atoms with Crippen LogP contribution >= 0.6 is 0 Å². The van der Waals surface area contributed by atoms with Gasteiger partial charge in [-0.25, -0.2) is 0 Å². The van der Waals surface area contributed by atoms with E-state index in [0.29, 0.717) is 24.6 Å². The van der Waals surface area contributed by atoms with E-state index < -0.39 is 0 Å². The summed E-state index contributed by atoms with van der Waals surface area (Å²) >= 11 is 0. The molecule has 1 aromatic rings. The van der Waals surface area contributed by atoms with Gasteiger partial charge in [0.1, 0.15) is 0 Å². The Kier molecular flexibility index (Phi) is 8.42. The molecule has 2 saturated heterocycles. The van der Waals surface area contributed by atoms with Crippen molar-refractivity contribution in [3.8, 4) is 0 Å². The van der Waals surface area contributed by atoms with Gasteiger partial charge >= 0.3 is 0 Å². The molecule has 7 nitrogen and oxygen atoms in total. The van der Waals surface area contributed by atoms with E-state index in [1.165, 1.54) is 6.42 Å². The molecule has 0 atom stereocenters.